The lowest BCUT2D eigenvalue weighted by molar-refractivity contribution is -0.106. The minimum absolute atomic E-state index is 0.517. The first kappa shape index (κ1) is 15.2. The summed E-state index contributed by atoms with van der Waals surface area (Å²) in [6.07, 6.45) is 3.14. The highest BCUT2D eigenvalue weighted by molar-refractivity contribution is 6.05. The van der Waals surface area contributed by atoms with Crippen LogP contribution < -0.4 is 10.2 Å². The maximum Gasteiger partial charge on any atom is 0.219 e. The number of nitrogens with one attached hydrogen (secondary N) is 1. The number of hydrogen-bond donors (Lipinski definition) is 1. The van der Waals surface area contributed by atoms with Crippen LogP contribution in [0.4, 0.5) is 11.5 Å². The van der Waals surface area contributed by atoms with Gasteiger partial charge in [-0.2, -0.15) is 0 Å². The van der Waals surface area contributed by atoms with Gasteiger partial charge >= 0.3 is 0 Å². The molecule has 1 aliphatic rings. The van der Waals surface area contributed by atoms with Crippen molar-refractivity contribution in [3.63, 3.8) is 0 Å². The van der Waals surface area contributed by atoms with Crippen LogP contribution in [0.15, 0.2) is 47.5 Å². The number of benzene rings is 1. The van der Waals surface area contributed by atoms with Gasteiger partial charge in [0.25, 0.3) is 0 Å². The summed E-state index contributed by atoms with van der Waals surface area (Å²) in [5.41, 5.74) is 2.64. The molecule has 3 rings (SSSR count). The van der Waals surface area contributed by atoms with E-state index in [1.54, 1.807) is 11.9 Å². The topological polar surface area (TPSA) is 57.6 Å². The van der Waals surface area contributed by atoms with E-state index < -0.39 is 0 Å². The average molecular weight is 308 g/mol. The van der Waals surface area contributed by atoms with Gasteiger partial charge in [-0.3, -0.25) is 14.7 Å². The van der Waals surface area contributed by atoms with Gasteiger partial charge in [0.1, 0.15) is 5.84 Å². The number of nitrogens with zero attached hydrogens (tertiary/aromatic N) is 3. The monoisotopic (exact) mass is 308 g/mol. The van der Waals surface area contributed by atoms with Gasteiger partial charge in [-0.05, 0) is 37.1 Å². The molecular formula is C18H20N4O. The average Bonchev–Trinajstić information content (AvgIpc) is 3.44. The summed E-state index contributed by atoms with van der Waals surface area (Å²) in [7, 11) is 3.53. The number of anilines is 2. The second-order valence-corrected chi connectivity index (χ2v) is 5.51. The number of aromatic nitrogens is 1. The third-order valence-corrected chi connectivity index (χ3v) is 3.98. The number of hydrogen-bond acceptors (Lipinski definition) is 3. The number of carbonyl (C=O) groups excluding carboxylic acids is 1. The number of para-hydroxylation sites is 1. The Morgan fingerprint density at radius 2 is 2.00 bits per heavy atom. The van der Waals surface area contributed by atoms with Gasteiger partial charge in [-0.25, -0.2) is 4.98 Å². The van der Waals surface area contributed by atoms with Crippen molar-refractivity contribution in [2.24, 2.45) is 4.99 Å². The summed E-state index contributed by atoms with van der Waals surface area (Å²) in [5.74, 6) is 1.84. The van der Waals surface area contributed by atoms with E-state index >= 15 is 0 Å². The number of amides is 1. The first-order valence-corrected chi connectivity index (χ1v) is 7.74. The maximum absolute atomic E-state index is 11.8. The Labute approximate surface area is 136 Å². The zero-order valence-corrected chi connectivity index (χ0v) is 13.4. The molecule has 5 nitrogen and oxygen atoms in total. The highest BCUT2D eigenvalue weighted by Gasteiger charge is 2.27. The number of aliphatic imine (C=N–C) groups is 1. The van der Waals surface area contributed by atoms with E-state index in [0.29, 0.717) is 17.6 Å². The molecule has 0 spiro atoms. The van der Waals surface area contributed by atoms with Crippen molar-refractivity contribution in [1.29, 1.82) is 0 Å². The predicted molar refractivity (Wildman–Crippen MR) is 92.4 cm³/mol. The molecule has 0 aliphatic heterocycles. The second-order valence-electron chi connectivity index (χ2n) is 5.51. The third-order valence-electron chi connectivity index (χ3n) is 3.98. The van der Waals surface area contributed by atoms with Crippen molar-refractivity contribution in [1.82, 2.24) is 10.3 Å². The van der Waals surface area contributed by atoms with Crippen LogP contribution in [0.1, 0.15) is 30.0 Å². The minimum atomic E-state index is 0.517. The van der Waals surface area contributed by atoms with Crippen LogP contribution in [0.5, 0.6) is 0 Å². The molecule has 1 aliphatic carbocycles. The molecule has 0 bridgehead atoms. The number of pyridine rings is 1. The predicted octanol–water partition coefficient (Wildman–Crippen LogP) is 2.85. The molecule has 23 heavy (non-hydrogen) atoms. The highest BCUT2D eigenvalue weighted by atomic mass is 16.1. The molecule has 118 valence electrons. The van der Waals surface area contributed by atoms with Gasteiger partial charge in [0.15, 0.2) is 5.82 Å². The maximum atomic E-state index is 11.8. The Hall–Kier alpha value is -2.69. The number of rotatable bonds is 5. The third kappa shape index (κ3) is 3.08. The van der Waals surface area contributed by atoms with Gasteiger partial charge in [-0.15, -0.1) is 0 Å². The van der Waals surface area contributed by atoms with Crippen LogP contribution in [0.25, 0.3) is 0 Å². The van der Waals surface area contributed by atoms with Crippen molar-refractivity contribution in [2.75, 3.05) is 19.0 Å². The molecule has 1 aromatic heterocycles. The SMILES string of the molecule is C/N=C(/NC)c1ccc(C2CC2)nc1N(C=O)c1ccccc1. The quantitative estimate of drug-likeness (QED) is 0.525. The fourth-order valence-corrected chi connectivity index (χ4v) is 2.63. The van der Waals surface area contributed by atoms with E-state index in [9.17, 15) is 4.79 Å². The summed E-state index contributed by atoms with van der Waals surface area (Å²) in [6.45, 7) is 0. The Balaban J connectivity index is 2.13. The Morgan fingerprint density at radius 3 is 2.57 bits per heavy atom. The van der Waals surface area contributed by atoms with Crippen LogP contribution in [-0.4, -0.2) is 31.3 Å². The van der Waals surface area contributed by atoms with Crippen molar-refractivity contribution in [3.8, 4) is 0 Å². The van der Waals surface area contributed by atoms with E-state index in [2.05, 4.69) is 10.3 Å². The fourth-order valence-electron chi connectivity index (χ4n) is 2.63. The molecule has 1 heterocycles. The van der Waals surface area contributed by atoms with Crippen LogP contribution in [0.3, 0.4) is 0 Å². The lowest BCUT2D eigenvalue weighted by atomic mass is 10.1. The summed E-state index contributed by atoms with van der Waals surface area (Å²) in [5, 5.41) is 3.07. The van der Waals surface area contributed by atoms with Gasteiger partial charge in [0, 0.05) is 25.7 Å². The van der Waals surface area contributed by atoms with E-state index in [1.165, 1.54) is 12.8 Å². The first-order valence-electron chi connectivity index (χ1n) is 7.74. The molecule has 2 aromatic rings. The van der Waals surface area contributed by atoms with Gasteiger partial charge < -0.3 is 5.32 Å². The highest BCUT2D eigenvalue weighted by Crippen LogP contribution is 2.40. The molecule has 0 saturated heterocycles. The van der Waals surface area contributed by atoms with Gasteiger partial charge in [0.05, 0.1) is 11.3 Å². The molecule has 0 atom stereocenters. The van der Waals surface area contributed by atoms with E-state index in [4.69, 9.17) is 4.98 Å². The van der Waals surface area contributed by atoms with Crippen molar-refractivity contribution < 1.29 is 4.79 Å². The summed E-state index contributed by atoms with van der Waals surface area (Å²) in [4.78, 5) is 22.4. The van der Waals surface area contributed by atoms with Gasteiger partial charge in [0.2, 0.25) is 6.41 Å². The van der Waals surface area contributed by atoms with E-state index in [1.807, 2.05) is 49.5 Å². The fraction of sp³-hybridized carbons (Fsp3) is 0.278. The number of carbonyl (C=O) groups is 1. The molecule has 1 aromatic carbocycles. The Bertz CT molecular complexity index is 723. The standard InChI is InChI=1S/C18H20N4O/c1-19-17(20-2)15-10-11-16(13-8-9-13)21-18(15)22(12-23)14-6-4-3-5-7-14/h3-7,10-13H,8-9H2,1-2H3,(H,19,20). The summed E-state index contributed by atoms with van der Waals surface area (Å²) >= 11 is 0. The largest absolute Gasteiger partial charge is 0.373 e. The minimum Gasteiger partial charge on any atom is -0.373 e. The summed E-state index contributed by atoms with van der Waals surface area (Å²) < 4.78 is 0. The van der Waals surface area contributed by atoms with E-state index in [0.717, 1.165) is 23.4 Å². The lowest BCUT2D eigenvalue weighted by Gasteiger charge is -2.21. The molecule has 1 fully saturated rings. The van der Waals surface area contributed by atoms with Crippen LogP contribution >= 0.6 is 0 Å². The van der Waals surface area contributed by atoms with Gasteiger partial charge in [-0.1, -0.05) is 18.2 Å². The number of amidine groups is 1. The zero-order chi connectivity index (χ0) is 16.2. The molecule has 0 unspecified atom stereocenters. The smallest absolute Gasteiger partial charge is 0.219 e. The molecule has 0 radical (unpaired) electrons. The normalized spacial score (nSPS) is 14.4. The van der Waals surface area contributed by atoms with Crippen LogP contribution in [-0.2, 0) is 4.79 Å². The second kappa shape index (κ2) is 6.60. The zero-order valence-electron chi connectivity index (χ0n) is 13.4. The molecule has 1 amide bonds. The molecular weight excluding hydrogens is 288 g/mol. The Kier molecular flexibility index (Phi) is 4.37. The first-order chi connectivity index (χ1) is 11.3. The molecule has 5 heteroatoms. The summed E-state index contributed by atoms with van der Waals surface area (Å²) in [6, 6.07) is 13.6. The Morgan fingerprint density at radius 1 is 1.26 bits per heavy atom. The van der Waals surface area contributed by atoms with Crippen LogP contribution in [0.2, 0.25) is 0 Å². The van der Waals surface area contributed by atoms with E-state index in [-0.39, 0.29) is 0 Å². The van der Waals surface area contributed by atoms with Crippen molar-refractivity contribution in [3.05, 3.63) is 53.7 Å². The lowest BCUT2D eigenvalue weighted by Crippen LogP contribution is -2.25. The van der Waals surface area contributed by atoms with Crippen LogP contribution in [0, 0.1) is 0 Å². The van der Waals surface area contributed by atoms with Crippen molar-refractivity contribution in [2.45, 2.75) is 18.8 Å². The molecule has 1 saturated carbocycles. The molecule has 1 N–H and O–H groups in total. The van der Waals surface area contributed by atoms with Crippen molar-refractivity contribution >= 4 is 23.8 Å².